The van der Waals surface area contributed by atoms with Gasteiger partial charge in [0.15, 0.2) is 5.13 Å². The van der Waals surface area contributed by atoms with Crippen LogP contribution in [0.5, 0.6) is 0 Å². The quantitative estimate of drug-likeness (QED) is 0.532. The van der Waals surface area contributed by atoms with Crippen LogP contribution < -0.4 is 4.72 Å². The van der Waals surface area contributed by atoms with Crippen molar-refractivity contribution in [2.24, 2.45) is 0 Å². The minimum absolute atomic E-state index is 0.116. The molecule has 4 aromatic rings. The standard InChI is InChI=1S/C18H12ClN3O2S2/c19-14-8-2-1-7-13(14)15-11-25-18(21-15)22-26(23,24)16-9-3-5-12-6-4-10-20-17(12)16/h1-11H,(H,21,22). The normalized spacial score (nSPS) is 11.6. The van der Waals surface area contributed by atoms with Crippen molar-refractivity contribution in [3.8, 4) is 11.3 Å². The molecule has 0 unspecified atom stereocenters. The van der Waals surface area contributed by atoms with E-state index in [1.165, 1.54) is 17.4 Å². The molecule has 8 heteroatoms. The van der Waals surface area contributed by atoms with E-state index in [4.69, 9.17) is 11.6 Å². The number of aromatic nitrogens is 2. The van der Waals surface area contributed by atoms with Gasteiger partial charge in [0.05, 0.1) is 11.2 Å². The summed E-state index contributed by atoms with van der Waals surface area (Å²) in [6.45, 7) is 0. The monoisotopic (exact) mass is 401 g/mol. The van der Waals surface area contributed by atoms with Crippen molar-refractivity contribution in [1.82, 2.24) is 9.97 Å². The fourth-order valence-corrected chi connectivity index (χ4v) is 4.95. The average Bonchev–Trinajstić information content (AvgIpc) is 3.09. The van der Waals surface area contributed by atoms with Gasteiger partial charge in [-0.2, -0.15) is 0 Å². The highest BCUT2D eigenvalue weighted by atomic mass is 35.5. The van der Waals surface area contributed by atoms with Crippen LogP contribution >= 0.6 is 22.9 Å². The Morgan fingerprint density at radius 3 is 2.65 bits per heavy atom. The van der Waals surface area contributed by atoms with Crippen LogP contribution in [0.4, 0.5) is 5.13 Å². The lowest BCUT2D eigenvalue weighted by Gasteiger charge is -2.07. The van der Waals surface area contributed by atoms with Crippen molar-refractivity contribution in [2.45, 2.75) is 4.90 Å². The van der Waals surface area contributed by atoms with Crippen LogP contribution in [-0.4, -0.2) is 18.4 Å². The first-order chi connectivity index (χ1) is 12.5. The molecule has 0 bridgehead atoms. The van der Waals surface area contributed by atoms with Gasteiger partial charge in [-0.05, 0) is 18.2 Å². The zero-order valence-corrected chi connectivity index (χ0v) is 15.6. The van der Waals surface area contributed by atoms with Crippen molar-refractivity contribution in [1.29, 1.82) is 0 Å². The summed E-state index contributed by atoms with van der Waals surface area (Å²) in [6, 6.07) is 15.9. The molecule has 2 heterocycles. The molecule has 130 valence electrons. The molecule has 0 aliphatic rings. The van der Waals surface area contributed by atoms with Crippen LogP contribution in [0.1, 0.15) is 0 Å². The summed E-state index contributed by atoms with van der Waals surface area (Å²) in [5, 5.41) is 3.35. The minimum Gasteiger partial charge on any atom is -0.255 e. The number of halogens is 1. The first-order valence-electron chi connectivity index (χ1n) is 7.61. The van der Waals surface area contributed by atoms with Gasteiger partial charge in [0.1, 0.15) is 4.90 Å². The second-order valence-electron chi connectivity index (χ2n) is 5.45. The zero-order valence-electron chi connectivity index (χ0n) is 13.3. The van der Waals surface area contributed by atoms with Crippen molar-refractivity contribution in [2.75, 3.05) is 4.72 Å². The maximum atomic E-state index is 12.8. The Hall–Kier alpha value is -2.48. The van der Waals surface area contributed by atoms with E-state index >= 15 is 0 Å². The number of nitrogens with zero attached hydrogens (tertiary/aromatic N) is 2. The molecule has 0 saturated heterocycles. The molecule has 0 radical (unpaired) electrons. The molecule has 2 aromatic carbocycles. The van der Waals surface area contributed by atoms with Crippen LogP contribution in [0, 0.1) is 0 Å². The molecule has 0 spiro atoms. The number of hydrogen-bond acceptors (Lipinski definition) is 5. The summed E-state index contributed by atoms with van der Waals surface area (Å²) in [5.41, 5.74) is 1.79. The van der Waals surface area contributed by atoms with Crippen LogP contribution in [-0.2, 0) is 10.0 Å². The number of benzene rings is 2. The summed E-state index contributed by atoms with van der Waals surface area (Å²) < 4.78 is 28.2. The Kier molecular flexibility index (Phi) is 4.36. The number of nitrogens with one attached hydrogen (secondary N) is 1. The number of thiazole rings is 1. The first-order valence-corrected chi connectivity index (χ1v) is 10.4. The molecule has 2 aromatic heterocycles. The second kappa shape index (κ2) is 6.68. The summed E-state index contributed by atoms with van der Waals surface area (Å²) >= 11 is 7.38. The third kappa shape index (κ3) is 3.16. The van der Waals surface area contributed by atoms with Gasteiger partial charge in [-0.25, -0.2) is 13.4 Å². The number of fused-ring (bicyclic) bond motifs is 1. The Labute approximate surface area is 159 Å². The first kappa shape index (κ1) is 17.0. The molecule has 0 aliphatic carbocycles. The van der Waals surface area contributed by atoms with Gasteiger partial charge in [-0.1, -0.05) is 48.0 Å². The summed E-state index contributed by atoms with van der Waals surface area (Å²) in [6.07, 6.45) is 1.57. The van der Waals surface area contributed by atoms with Crippen LogP contribution in [0.25, 0.3) is 22.2 Å². The van der Waals surface area contributed by atoms with Gasteiger partial charge < -0.3 is 0 Å². The highest BCUT2D eigenvalue weighted by Crippen LogP contribution is 2.31. The van der Waals surface area contributed by atoms with E-state index in [9.17, 15) is 8.42 Å². The fourth-order valence-electron chi connectivity index (χ4n) is 2.58. The largest absolute Gasteiger partial charge is 0.265 e. The maximum Gasteiger partial charge on any atom is 0.265 e. The van der Waals surface area contributed by atoms with E-state index in [-0.39, 0.29) is 10.0 Å². The van der Waals surface area contributed by atoms with E-state index in [0.717, 1.165) is 10.9 Å². The van der Waals surface area contributed by atoms with Crippen LogP contribution in [0.15, 0.2) is 71.1 Å². The van der Waals surface area contributed by atoms with Gasteiger partial charge in [0, 0.05) is 27.5 Å². The average molecular weight is 402 g/mol. The van der Waals surface area contributed by atoms with Crippen LogP contribution in [0.2, 0.25) is 5.02 Å². The van der Waals surface area contributed by atoms with E-state index in [2.05, 4.69) is 14.7 Å². The lowest BCUT2D eigenvalue weighted by atomic mass is 10.2. The maximum absolute atomic E-state index is 12.8. The van der Waals surface area contributed by atoms with E-state index < -0.39 is 10.0 Å². The molecule has 4 rings (SSSR count). The van der Waals surface area contributed by atoms with Crippen LogP contribution in [0.3, 0.4) is 0 Å². The van der Waals surface area contributed by atoms with Gasteiger partial charge in [0.2, 0.25) is 0 Å². The summed E-state index contributed by atoms with van der Waals surface area (Å²) in [4.78, 5) is 8.67. The van der Waals surface area contributed by atoms with Gasteiger partial charge in [-0.15, -0.1) is 11.3 Å². The third-order valence-corrected chi connectivity index (χ3v) is 6.35. The Morgan fingerprint density at radius 1 is 1.00 bits per heavy atom. The van der Waals surface area contributed by atoms with Gasteiger partial charge >= 0.3 is 0 Å². The smallest absolute Gasteiger partial charge is 0.255 e. The van der Waals surface area contributed by atoms with E-state index in [1.54, 1.807) is 29.8 Å². The van der Waals surface area contributed by atoms with E-state index in [1.807, 2.05) is 30.3 Å². The highest BCUT2D eigenvalue weighted by molar-refractivity contribution is 7.93. The molecule has 0 amide bonds. The predicted molar refractivity (Wildman–Crippen MR) is 105 cm³/mol. The number of anilines is 1. The number of sulfonamides is 1. The topological polar surface area (TPSA) is 72.0 Å². The molecule has 1 N–H and O–H groups in total. The van der Waals surface area contributed by atoms with E-state index in [0.29, 0.717) is 16.2 Å². The Bertz CT molecular complexity index is 1200. The Balaban J connectivity index is 1.70. The highest BCUT2D eigenvalue weighted by Gasteiger charge is 2.20. The molecule has 0 atom stereocenters. The second-order valence-corrected chi connectivity index (χ2v) is 8.37. The molecule has 26 heavy (non-hydrogen) atoms. The zero-order chi connectivity index (χ0) is 18.1. The molecular weight excluding hydrogens is 390 g/mol. The summed E-state index contributed by atoms with van der Waals surface area (Å²) in [5.74, 6) is 0. The fraction of sp³-hybridized carbons (Fsp3) is 0. The number of para-hydroxylation sites is 1. The molecule has 0 aliphatic heterocycles. The lowest BCUT2D eigenvalue weighted by molar-refractivity contribution is 0.602. The summed E-state index contributed by atoms with van der Waals surface area (Å²) in [7, 11) is -3.82. The lowest BCUT2D eigenvalue weighted by Crippen LogP contribution is -2.13. The number of hydrogen-bond donors (Lipinski definition) is 1. The van der Waals surface area contributed by atoms with Gasteiger partial charge in [0.25, 0.3) is 10.0 Å². The molecule has 0 saturated carbocycles. The van der Waals surface area contributed by atoms with Crippen molar-refractivity contribution in [3.05, 3.63) is 71.2 Å². The predicted octanol–water partition coefficient (Wildman–Crippen LogP) is 4.81. The van der Waals surface area contributed by atoms with Gasteiger partial charge in [-0.3, -0.25) is 9.71 Å². The third-order valence-electron chi connectivity index (χ3n) is 3.76. The molecule has 5 nitrogen and oxygen atoms in total. The minimum atomic E-state index is -3.82. The number of rotatable bonds is 4. The SMILES string of the molecule is O=S(=O)(Nc1nc(-c2ccccc2Cl)cs1)c1cccc2cccnc12. The van der Waals surface area contributed by atoms with Crippen molar-refractivity contribution >= 4 is 49.0 Å². The molecular formula is C18H12ClN3O2S2. The number of pyridine rings is 1. The Morgan fingerprint density at radius 2 is 1.81 bits per heavy atom. The van der Waals surface area contributed by atoms with Crippen molar-refractivity contribution in [3.63, 3.8) is 0 Å². The molecule has 0 fully saturated rings. The van der Waals surface area contributed by atoms with Crippen molar-refractivity contribution < 1.29 is 8.42 Å².